The predicted octanol–water partition coefficient (Wildman–Crippen LogP) is 3.17. The second kappa shape index (κ2) is 7.76. The molecule has 0 radical (unpaired) electrons. The van der Waals surface area contributed by atoms with E-state index in [4.69, 9.17) is 9.47 Å². The number of nitrogens with zero attached hydrogens (tertiary/aromatic N) is 1. The number of para-hydroxylation sites is 1. The van der Waals surface area contributed by atoms with Crippen LogP contribution < -0.4 is 10.1 Å². The fraction of sp³-hybridized carbons (Fsp3) is 0.357. The third-order valence-corrected chi connectivity index (χ3v) is 3.29. The lowest BCUT2D eigenvalue weighted by atomic mass is 10.3. The molecule has 0 spiro atoms. The van der Waals surface area contributed by atoms with Crippen molar-refractivity contribution in [2.45, 2.75) is 13.5 Å². The molecule has 0 atom stereocenters. The average Bonchev–Trinajstić information content (AvgIpc) is 2.88. The van der Waals surface area contributed by atoms with Gasteiger partial charge in [-0.2, -0.15) is 0 Å². The molecule has 0 aliphatic heterocycles. The summed E-state index contributed by atoms with van der Waals surface area (Å²) in [7, 11) is 0. The molecule has 0 amide bonds. The van der Waals surface area contributed by atoms with Crippen molar-refractivity contribution in [1.29, 1.82) is 0 Å². The van der Waals surface area contributed by atoms with Crippen molar-refractivity contribution in [3.63, 3.8) is 0 Å². The molecular formula is C14H18N2O2S. The lowest BCUT2D eigenvalue weighted by molar-refractivity contribution is 0.0904. The van der Waals surface area contributed by atoms with E-state index in [-0.39, 0.29) is 0 Å². The van der Waals surface area contributed by atoms with E-state index < -0.39 is 0 Å². The number of aromatic nitrogens is 1. The Balaban J connectivity index is 1.61. The number of benzene rings is 1. The number of nitrogens with one attached hydrogen (secondary N) is 1. The lowest BCUT2D eigenvalue weighted by Crippen LogP contribution is -2.06. The molecule has 1 heterocycles. The summed E-state index contributed by atoms with van der Waals surface area (Å²) < 4.78 is 11.1. The monoisotopic (exact) mass is 278 g/mol. The van der Waals surface area contributed by atoms with Crippen molar-refractivity contribution in [2.24, 2.45) is 0 Å². The summed E-state index contributed by atoms with van der Waals surface area (Å²) in [5, 5.41) is 4.12. The summed E-state index contributed by atoms with van der Waals surface area (Å²) in [6.45, 7) is 4.66. The predicted molar refractivity (Wildman–Crippen MR) is 77.9 cm³/mol. The molecule has 0 bridgehead atoms. The van der Waals surface area contributed by atoms with Gasteiger partial charge >= 0.3 is 0 Å². The summed E-state index contributed by atoms with van der Waals surface area (Å²) in [5.74, 6) is 0.873. The molecule has 1 N–H and O–H groups in total. The van der Waals surface area contributed by atoms with Gasteiger partial charge in [0.25, 0.3) is 0 Å². The van der Waals surface area contributed by atoms with Gasteiger partial charge in [-0.3, -0.25) is 0 Å². The zero-order valence-corrected chi connectivity index (χ0v) is 11.8. The van der Waals surface area contributed by atoms with E-state index in [1.54, 1.807) is 11.3 Å². The summed E-state index contributed by atoms with van der Waals surface area (Å²) >= 11 is 1.62. The average molecular weight is 278 g/mol. The maximum Gasteiger partial charge on any atom is 0.182 e. The van der Waals surface area contributed by atoms with E-state index in [2.05, 4.69) is 17.2 Å². The van der Waals surface area contributed by atoms with Gasteiger partial charge < -0.3 is 14.8 Å². The molecule has 2 aromatic rings. The van der Waals surface area contributed by atoms with Crippen LogP contribution in [0.1, 0.15) is 11.8 Å². The van der Waals surface area contributed by atoms with Gasteiger partial charge in [0, 0.05) is 12.7 Å². The highest BCUT2D eigenvalue weighted by Gasteiger charge is 2.00. The largest absolute Gasteiger partial charge is 0.491 e. The molecule has 0 saturated carbocycles. The quantitative estimate of drug-likeness (QED) is 0.753. The van der Waals surface area contributed by atoms with E-state index >= 15 is 0 Å². The van der Waals surface area contributed by atoms with Crippen LogP contribution in [-0.4, -0.2) is 24.7 Å². The molecule has 0 aliphatic rings. The second-order valence-electron chi connectivity index (χ2n) is 3.88. The number of hydrogen-bond donors (Lipinski definition) is 1. The summed E-state index contributed by atoms with van der Waals surface area (Å²) in [6, 6.07) is 9.75. The smallest absolute Gasteiger partial charge is 0.182 e. The van der Waals surface area contributed by atoms with Gasteiger partial charge in [0.1, 0.15) is 12.4 Å². The fourth-order valence-corrected chi connectivity index (χ4v) is 2.33. The first-order valence-corrected chi connectivity index (χ1v) is 7.14. The summed E-state index contributed by atoms with van der Waals surface area (Å²) in [6.07, 6.45) is 1.85. The molecule has 102 valence electrons. The van der Waals surface area contributed by atoms with E-state index in [1.165, 1.54) is 0 Å². The Morgan fingerprint density at radius 1 is 1.21 bits per heavy atom. The molecule has 1 aromatic carbocycles. The van der Waals surface area contributed by atoms with Crippen LogP contribution in [-0.2, 0) is 11.3 Å². The molecule has 1 aromatic heterocycles. The van der Waals surface area contributed by atoms with E-state index in [0.29, 0.717) is 19.8 Å². The first-order chi connectivity index (χ1) is 9.38. The van der Waals surface area contributed by atoms with Gasteiger partial charge in [0.05, 0.1) is 18.1 Å². The van der Waals surface area contributed by atoms with Crippen molar-refractivity contribution in [2.75, 3.05) is 25.1 Å². The summed E-state index contributed by atoms with van der Waals surface area (Å²) in [5.41, 5.74) is 0. The van der Waals surface area contributed by atoms with Crippen LogP contribution in [0.4, 0.5) is 5.13 Å². The Morgan fingerprint density at radius 2 is 2.05 bits per heavy atom. The van der Waals surface area contributed by atoms with E-state index in [9.17, 15) is 0 Å². The zero-order valence-electron chi connectivity index (χ0n) is 11.0. The van der Waals surface area contributed by atoms with Crippen molar-refractivity contribution in [1.82, 2.24) is 4.98 Å². The van der Waals surface area contributed by atoms with Gasteiger partial charge in [-0.05, 0) is 19.1 Å². The molecular weight excluding hydrogens is 260 g/mol. The number of thiazole rings is 1. The third kappa shape index (κ3) is 4.89. The van der Waals surface area contributed by atoms with Gasteiger partial charge in [0.2, 0.25) is 0 Å². The first kappa shape index (κ1) is 13.8. The molecule has 0 fully saturated rings. The van der Waals surface area contributed by atoms with Gasteiger partial charge in [-0.15, -0.1) is 0 Å². The Kier molecular flexibility index (Phi) is 5.65. The van der Waals surface area contributed by atoms with Crippen LogP contribution in [0.25, 0.3) is 0 Å². The highest BCUT2D eigenvalue weighted by molar-refractivity contribution is 7.15. The normalized spacial score (nSPS) is 10.4. The zero-order chi connectivity index (χ0) is 13.3. The van der Waals surface area contributed by atoms with Gasteiger partial charge in [-0.1, -0.05) is 29.5 Å². The minimum Gasteiger partial charge on any atom is -0.491 e. The summed E-state index contributed by atoms with van der Waals surface area (Å²) in [4.78, 5) is 5.37. The molecule has 0 saturated heterocycles. The maximum atomic E-state index is 5.55. The minimum atomic E-state index is 0.558. The molecule has 2 rings (SSSR count). The first-order valence-electron chi connectivity index (χ1n) is 6.32. The van der Waals surface area contributed by atoms with Crippen LogP contribution in [0.15, 0.2) is 36.5 Å². The molecule has 0 unspecified atom stereocenters. The molecule has 19 heavy (non-hydrogen) atoms. The molecule has 5 heteroatoms. The van der Waals surface area contributed by atoms with Gasteiger partial charge in [-0.25, -0.2) is 4.98 Å². The number of anilines is 1. The molecule has 4 nitrogen and oxygen atoms in total. The van der Waals surface area contributed by atoms with Crippen LogP contribution in [0.2, 0.25) is 0 Å². The fourth-order valence-electron chi connectivity index (χ4n) is 1.52. The minimum absolute atomic E-state index is 0.558. The maximum absolute atomic E-state index is 5.55. The van der Waals surface area contributed by atoms with Crippen LogP contribution >= 0.6 is 11.3 Å². The second-order valence-corrected chi connectivity index (χ2v) is 4.99. The van der Waals surface area contributed by atoms with Crippen LogP contribution in [0.5, 0.6) is 5.75 Å². The van der Waals surface area contributed by atoms with Crippen molar-refractivity contribution < 1.29 is 9.47 Å². The number of ether oxygens (including phenoxy) is 2. The van der Waals surface area contributed by atoms with E-state index in [1.807, 2.05) is 36.5 Å². The van der Waals surface area contributed by atoms with Crippen molar-refractivity contribution in [3.05, 3.63) is 41.4 Å². The highest BCUT2D eigenvalue weighted by Crippen LogP contribution is 2.18. The highest BCUT2D eigenvalue weighted by atomic mass is 32.1. The topological polar surface area (TPSA) is 43.4 Å². The van der Waals surface area contributed by atoms with Crippen LogP contribution in [0.3, 0.4) is 0 Å². The standard InChI is InChI=1S/C14H18N2O2S/c1-2-15-14-16-10-13(19-14)11-17-8-9-18-12-6-4-3-5-7-12/h3-7,10H,2,8-9,11H2,1H3,(H,15,16). The number of rotatable bonds is 8. The van der Waals surface area contributed by atoms with Crippen molar-refractivity contribution >= 4 is 16.5 Å². The Hall–Kier alpha value is -1.59. The Bertz CT molecular complexity index is 473. The lowest BCUT2D eigenvalue weighted by Gasteiger charge is -2.05. The third-order valence-electron chi connectivity index (χ3n) is 2.37. The van der Waals surface area contributed by atoms with Crippen LogP contribution in [0, 0.1) is 0 Å². The Labute approximate surface area is 117 Å². The molecule has 0 aliphatic carbocycles. The SMILES string of the molecule is CCNc1ncc(COCCOc2ccccc2)s1. The van der Waals surface area contributed by atoms with Gasteiger partial charge in [0.15, 0.2) is 5.13 Å². The van der Waals surface area contributed by atoms with Crippen molar-refractivity contribution in [3.8, 4) is 5.75 Å². The Morgan fingerprint density at radius 3 is 2.84 bits per heavy atom. The number of hydrogen-bond acceptors (Lipinski definition) is 5. The van der Waals surface area contributed by atoms with E-state index in [0.717, 1.165) is 22.3 Å².